The Kier molecular flexibility index (Phi) is 5.58. The molecule has 0 radical (unpaired) electrons. The van der Waals surface area contributed by atoms with Crippen LogP contribution in [0.1, 0.15) is 31.8 Å². The first-order valence-electron chi connectivity index (χ1n) is 8.81. The number of aromatic nitrogens is 1. The third-order valence-electron chi connectivity index (χ3n) is 4.42. The molecule has 1 aliphatic rings. The van der Waals surface area contributed by atoms with Gasteiger partial charge in [0.05, 0.1) is 18.4 Å². The van der Waals surface area contributed by atoms with Crippen LogP contribution in [-0.4, -0.2) is 23.2 Å². The highest BCUT2D eigenvalue weighted by molar-refractivity contribution is 7.80. The predicted octanol–water partition coefficient (Wildman–Crippen LogP) is 3.95. The van der Waals surface area contributed by atoms with Gasteiger partial charge in [-0.2, -0.15) is 0 Å². The van der Waals surface area contributed by atoms with Crippen molar-refractivity contribution in [2.45, 2.75) is 33.7 Å². The minimum Gasteiger partial charge on any atom is -0.465 e. The van der Waals surface area contributed by atoms with Crippen molar-refractivity contribution in [2.24, 2.45) is 11.8 Å². The molecular formula is C19H26N4OS. The van der Waals surface area contributed by atoms with Crippen LogP contribution in [0.15, 0.2) is 34.9 Å². The molecule has 2 aromatic heterocycles. The number of furan rings is 1. The van der Waals surface area contributed by atoms with Gasteiger partial charge in [0.25, 0.3) is 0 Å². The Morgan fingerprint density at radius 2 is 2.00 bits per heavy atom. The van der Waals surface area contributed by atoms with Crippen LogP contribution in [0.2, 0.25) is 0 Å². The Morgan fingerprint density at radius 3 is 2.60 bits per heavy atom. The van der Waals surface area contributed by atoms with Gasteiger partial charge in [-0.1, -0.05) is 13.8 Å². The van der Waals surface area contributed by atoms with E-state index < -0.39 is 0 Å². The number of anilines is 2. The molecule has 25 heavy (non-hydrogen) atoms. The first kappa shape index (κ1) is 17.7. The summed E-state index contributed by atoms with van der Waals surface area (Å²) in [7, 11) is 0. The molecular weight excluding hydrogens is 332 g/mol. The molecule has 0 aromatic carbocycles. The molecule has 2 aromatic rings. The first-order chi connectivity index (χ1) is 12.0. The Hall–Kier alpha value is -2.08. The lowest BCUT2D eigenvalue weighted by molar-refractivity contribution is 0.355. The quantitative estimate of drug-likeness (QED) is 0.807. The van der Waals surface area contributed by atoms with Crippen molar-refractivity contribution in [3.63, 3.8) is 0 Å². The SMILES string of the molecule is Cc1ccc(CNC(=S)Nc2ccc(N3C[C@H](C)C[C@H](C)C3)nc2)o1. The molecule has 0 spiro atoms. The van der Waals surface area contributed by atoms with E-state index in [1.54, 1.807) is 0 Å². The fourth-order valence-electron chi connectivity index (χ4n) is 3.42. The summed E-state index contributed by atoms with van der Waals surface area (Å²) in [5.74, 6) is 4.23. The third-order valence-corrected chi connectivity index (χ3v) is 4.66. The molecule has 5 nitrogen and oxygen atoms in total. The summed E-state index contributed by atoms with van der Waals surface area (Å²) in [6.07, 6.45) is 3.13. The van der Waals surface area contributed by atoms with Gasteiger partial charge in [0.2, 0.25) is 0 Å². The Bertz CT molecular complexity index is 702. The first-order valence-corrected chi connectivity index (χ1v) is 9.21. The van der Waals surface area contributed by atoms with Crippen LogP contribution < -0.4 is 15.5 Å². The number of piperidine rings is 1. The fraction of sp³-hybridized carbons (Fsp3) is 0.474. The maximum Gasteiger partial charge on any atom is 0.171 e. The lowest BCUT2D eigenvalue weighted by Crippen LogP contribution is -2.39. The van der Waals surface area contributed by atoms with Crippen LogP contribution in [0, 0.1) is 18.8 Å². The maximum atomic E-state index is 5.52. The highest BCUT2D eigenvalue weighted by Crippen LogP contribution is 2.25. The van der Waals surface area contributed by atoms with E-state index >= 15 is 0 Å². The van der Waals surface area contributed by atoms with Gasteiger partial charge < -0.3 is 20.0 Å². The van der Waals surface area contributed by atoms with Gasteiger partial charge in [-0.25, -0.2) is 4.98 Å². The topological polar surface area (TPSA) is 53.3 Å². The van der Waals surface area contributed by atoms with Gasteiger partial charge in [0.15, 0.2) is 5.11 Å². The zero-order chi connectivity index (χ0) is 17.8. The molecule has 3 heterocycles. The van der Waals surface area contributed by atoms with Gasteiger partial charge in [-0.05, 0) is 61.7 Å². The molecule has 0 unspecified atom stereocenters. The molecule has 1 aliphatic heterocycles. The van der Waals surface area contributed by atoms with Crippen LogP contribution in [0.25, 0.3) is 0 Å². The van der Waals surface area contributed by atoms with Gasteiger partial charge in [0.1, 0.15) is 17.3 Å². The van der Waals surface area contributed by atoms with E-state index in [0.717, 1.165) is 36.1 Å². The number of pyridine rings is 1. The minimum atomic E-state index is 0.559. The number of aryl methyl sites for hydroxylation is 1. The third kappa shape index (κ3) is 4.95. The van der Waals surface area contributed by atoms with E-state index in [1.165, 1.54) is 6.42 Å². The predicted molar refractivity (Wildman–Crippen MR) is 106 cm³/mol. The summed E-state index contributed by atoms with van der Waals surface area (Å²) >= 11 is 5.33. The van der Waals surface area contributed by atoms with Gasteiger partial charge in [-0.15, -0.1) is 0 Å². The number of nitrogens with zero attached hydrogens (tertiary/aromatic N) is 2. The van der Waals surface area contributed by atoms with E-state index in [0.29, 0.717) is 23.5 Å². The number of rotatable bonds is 4. The molecule has 0 bridgehead atoms. The van der Waals surface area contributed by atoms with Crippen LogP contribution in [0.3, 0.4) is 0 Å². The van der Waals surface area contributed by atoms with Crippen LogP contribution in [0.5, 0.6) is 0 Å². The Morgan fingerprint density at radius 1 is 1.24 bits per heavy atom. The second kappa shape index (κ2) is 7.87. The highest BCUT2D eigenvalue weighted by atomic mass is 32.1. The molecule has 6 heteroatoms. The number of hydrogen-bond donors (Lipinski definition) is 2. The maximum absolute atomic E-state index is 5.52. The van der Waals surface area contributed by atoms with Crippen LogP contribution >= 0.6 is 12.2 Å². The number of hydrogen-bond acceptors (Lipinski definition) is 4. The fourth-order valence-corrected chi connectivity index (χ4v) is 3.61. The average Bonchev–Trinajstić information content (AvgIpc) is 2.98. The zero-order valence-corrected chi connectivity index (χ0v) is 15.9. The van der Waals surface area contributed by atoms with E-state index in [2.05, 4.69) is 40.4 Å². The molecule has 0 amide bonds. The molecule has 0 saturated carbocycles. The Balaban J connectivity index is 1.52. The highest BCUT2D eigenvalue weighted by Gasteiger charge is 2.22. The monoisotopic (exact) mass is 358 g/mol. The van der Waals surface area contributed by atoms with Crippen molar-refractivity contribution in [1.82, 2.24) is 10.3 Å². The largest absolute Gasteiger partial charge is 0.465 e. The summed E-state index contributed by atoms with van der Waals surface area (Å²) in [5.41, 5.74) is 0.884. The molecule has 2 atom stereocenters. The van der Waals surface area contributed by atoms with E-state index in [-0.39, 0.29) is 0 Å². The van der Waals surface area contributed by atoms with Crippen LogP contribution in [0.4, 0.5) is 11.5 Å². The summed E-state index contributed by atoms with van der Waals surface area (Å²) in [4.78, 5) is 6.98. The molecule has 1 fully saturated rings. The summed E-state index contributed by atoms with van der Waals surface area (Å²) in [6, 6.07) is 7.98. The summed E-state index contributed by atoms with van der Waals surface area (Å²) in [5, 5.41) is 6.86. The zero-order valence-electron chi connectivity index (χ0n) is 15.1. The lowest BCUT2D eigenvalue weighted by atomic mass is 9.92. The van der Waals surface area contributed by atoms with Crippen molar-refractivity contribution >= 4 is 28.8 Å². The van der Waals surface area contributed by atoms with Crippen molar-refractivity contribution in [3.8, 4) is 0 Å². The van der Waals surface area contributed by atoms with Crippen molar-refractivity contribution in [1.29, 1.82) is 0 Å². The van der Waals surface area contributed by atoms with Crippen LogP contribution in [-0.2, 0) is 6.54 Å². The number of nitrogens with one attached hydrogen (secondary N) is 2. The van der Waals surface area contributed by atoms with Gasteiger partial charge in [0, 0.05) is 13.1 Å². The average molecular weight is 359 g/mol. The second-order valence-electron chi connectivity index (χ2n) is 7.08. The molecule has 134 valence electrons. The minimum absolute atomic E-state index is 0.559. The summed E-state index contributed by atoms with van der Waals surface area (Å²) < 4.78 is 5.52. The van der Waals surface area contributed by atoms with Gasteiger partial charge in [-0.3, -0.25) is 0 Å². The smallest absolute Gasteiger partial charge is 0.171 e. The van der Waals surface area contributed by atoms with Gasteiger partial charge >= 0.3 is 0 Å². The van der Waals surface area contributed by atoms with E-state index in [9.17, 15) is 0 Å². The lowest BCUT2D eigenvalue weighted by Gasteiger charge is -2.35. The van der Waals surface area contributed by atoms with Crippen molar-refractivity contribution in [3.05, 3.63) is 42.0 Å². The Labute approximate surface area is 154 Å². The summed E-state index contributed by atoms with van der Waals surface area (Å²) in [6.45, 7) is 9.26. The number of thiocarbonyl (C=S) groups is 1. The van der Waals surface area contributed by atoms with Crippen molar-refractivity contribution in [2.75, 3.05) is 23.3 Å². The molecule has 0 aliphatic carbocycles. The molecule has 3 rings (SSSR count). The van der Waals surface area contributed by atoms with E-state index in [1.807, 2.05) is 31.3 Å². The molecule has 2 N–H and O–H groups in total. The standard InChI is InChI=1S/C19H26N4OS/c1-13-8-14(2)12-23(11-13)18-7-5-16(9-20-18)22-19(25)21-10-17-6-4-15(3)24-17/h4-7,9,13-14H,8,10-12H2,1-3H3,(H2,21,22,25)/t13-,14+. The van der Waals surface area contributed by atoms with Crippen molar-refractivity contribution < 1.29 is 4.42 Å². The second-order valence-corrected chi connectivity index (χ2v) is 7.48. The van der Waals surface area contributed by atoms with E-state index in [4.69, 9.17) is 16.6 Å². The molecule has 1 saturated heterocycles. The normalized spacial score (nSPS) is 20.4.